The summed E-state index contributed by atoms with van der Waals surface area (Å²) in [5.41, 5.74) is 6.30. The monoisotopic (exact) mass is 171 g/mol. The van der Waals surface area contributed by atoms with Crippen LogP contribution in [0, 0.1) is 11.6 Å². The summed E-state index contributed by atoms with van der Waals surface area (Å²) in [6.07, 6.45) is 1.49. The van der Waals surface area contributed by atoms with Crippen LogP contribution in [0.4, 0.5) is 5.82 Å². The maximum absolute atomic E-state index is 5.46. The highest BCUT2D eigenvalue weighted by Gasteiger charge is 1.91. The number of nitrogens with zero attached hydrogens (tertiary/aromatic N) is 1. The van der Waals surface area contributed by atoms with Crippen LogP contribution in [0.5, 0.6) is 0 Å². The molecule has 0 aliphatic carbocycles. The van der Waals surface area contributed by atoms with Gasteiger partial charge in [-0.15, -0.1) is 0 Å². The third-order valence-corrected chi connectivity index (χ3v) is 1.54. The van der Waals surface area contributed by atoms with E-state index in [0.29, 0.717) is 10.5 Å². The average Bonchev–Trinajstić information content (AvgIpc) is 2.04. The van der Waals surface area contributed by atoms with Crippen LogP contribution in [0.2, 0.25) is 0 Å². The van der Waals surface area contributed by atoms with E-state index in [4.69, 9.17) is 18.0 Å². The molecule has 0 aromatic carbocycles. The van der Waals surface area contributed by atoms with Gasteiger partial charge in [-0.25, -0.2) is 4.98 Å². The molecule has 0 unspecified atom stereocenters. The van der Waals surface area contributed by atoms with Gasteiger partial charge in [0, 0.05) is 5.56 Å². The van der Waals surface area contributed by atoms with Crippen molar-refractivity contribution in [1.29, 1.82) is 0 Å². The van der Waals surface area contributed by atoms with Crippen LogP contribution < -0.4 is 5.73 Å². The molecule has 0 fully saturated rings. The second-order valence-electron chi connectivity index (χ2n) is 1.75. The second-order valence-corrected chi connectivity index (χ2v) is 2.13. The highest BCUT2D eigenvalue weighted by atomic mass is 32.1. The molecule has 11 heavy (non-hydrogen) atoms. The van der Waals surface area contributed by atoms with Crippen molar-refractivity contribution in [2.75, 3.05) is 5.73 Å². The van der Waals surface area contributed by atoms with Crippen LogP contribution in [0.3, 0.4) is 0 Å². The van der Waals surface area contributed by atoms with Crippen molar-refractivity contribution in [3.05, 3.63) is 16.5 Å². The Morgan fingerprint density at radius 3 is 2.45 bits per heavy atom. The number of hydrogen-bond donors (Lipinski definition) is 2. The van der Waals surface area contributed by atoms with Gasteiger partial charge >= 0.3 is 0 Å². The third-order valence-electron chi connectivity index (χ3n) is 1.13. The molecular weight excluding hydrogens is 158 g/mol. The topological polar surface area (TPSA) is 54.7 Å². The lowest BCUT2D eigenvalue weighted by Crippen LogP contribution is -1.94. The second kappa shape index (κ2) is 4.85. The molecule has 1 heterocycles. The molecule has 0 spiro atoms. The normalized spacial score (nSPS) is 8.27. The molecular formula is C7H13N3S. The number of aromatic nitrogens is 2. The summed E-state index contributed by atoms with van der Waals surface area (Å²) >= 11 is 4.83. The number of H-pyrrole nitrogens is 1. The van der Waals surface area contributed by atoms with E-state index >= 15 is 0 Å². The summed E-state index contributed by atoms with van der Waals surface area (Å²) < 4.78 is 0.561. The summed E-state index contributed by atoms with van der Waals surface area (Å²) in [6.45, 7) is 5.83. The van der Waals surface area contributed by atoms with Crippen molar-refractivity contribution in [3.8, 4) is 0 Å². The van der Waals surface area contributed by atoms with Crippen LogP contribution in [-0.4, -0.2) is 9.97 Å². The Kier molecular flexibility index (Phi) is 4.45. The molecule has 1 aromatic heterocycles. The minimum Gasteiger partial charge on any atom is -0.385 e. The Morgan fingerprint density at radius 2 is 2.09 bits per heavy atom. The number of rotatable bonds is 0. The van der Waals surface area contributed by atoms with E-state index in [2.05, 4.69) is 9.97 Å². The quantitative estimate of drug-likeness (QED) is 0.587. The van der Waals surface area contributed by atoms with Crippen molar-refractivity contribution in [3.63, 3.8) is 0 Å². The largest absolute Gasteiger partial charge is 0.385 e. The Morgan fingerprint density at radius 1 is 1.55 bits per heavy atom. The Hall–Kier alpha value is -0.900. The Balaban J connectivity index is 0.000000461. The molecule has 0 radical (unpaired) electrons. The smallest absolute Gasteiger partial charge is 0.134 e. The number of hydrogen-bond acceptors (Lipinski definition) is 3. The van der Waals surface area contributed by atoms with Gasteiger partial charge in [-0.1, -0.05) is 26.1 Å². The predicted octanol–water partition coefficient (Wildman–Crippen LogP) is 2.06. The summed E-state index contributed by atoms with van der Waals surface area (Å²) in [5, 5.41) is 0. The minimum atomic E-state index is 0.561. The van der Waals surface area contributed by atoms with Crippen molar-refractivity contribution < 1.29 is 0 Å². The van der Waals surface area contributed by atoms with Gasteiger partial charge in [-0.05, 0) is 6.92 Å². The first-order valence-corrected chi connectivity index (χ1v) is 3.92. The summed E-state index contributed by atoms with van der Waals surface area (Å²) in [4.78, 5) is 6.56. The summed E-state index contributed by atoms with van der Waals surface area (Å²) in [5.74, 6) is 0.593. The van der Waals surface area contributed by atoms with Gasteiger partial charge in [0.25, 0.3) is 0 Å². The summed E-state index contributed by atoms with van der Waals surface area (Å²) in [6, 6.07) is 0. The van der Waals surface area contributed by atoms with Crippen LogP contribution >= 0.6 is 12.2 Å². The highest BCUT2D eigenvalue weighted by Crippen LogP contribution is 2.03. The number of anilines is 1. The van der Waals surface area contributed by atoms with E-state index in [9.17, 15) is 0 Å². The standard InChI is InChI=1S/C5H7N3S.C2H6/c1-3-4(6)7-2-8-5(3)9;1-2/h2H,1H3,(H3,6,7,8,9);1-2H3. The Labute approximate surface area is 71.7 Å². The zero-order chi connectivity index (χ0) is 8.85. The van der Waals surface area contributed by atoms with Crippen molar-refractivity contribution in [1.82, 2.24) is 9.97 Å². The molecule has 0 atom stereocenters. The first kappa shape index (κ1) is 10.1. The fraction of sp³-hybridized carbons (Fsp3) is 0.429. The molecule has 0 amide bonds. The van der Waals surface area contributed by atoms with Crippen LogP contribution in [0.15, 0.2) is 6.33 Å². The Bertz CT molecular complexity index is 267. The van der Waals surface area contributed by atoms with Gasteiger partial charge in [0.05, 0.1) is 6.33 Å². The molecule has 3 nitrogen and oxygen atoms in total. The first-order chi connectivity index (χ1) is 5.22. The molecule has 4 heteroatoms. The highest BCUT2D eigenvalue weighted by molar-refractivity contribution is 7.71. The first-order valence-electron chi connectivity index (χ1n) is 3.51. The zero-order valence-electron chi connectivity index (χ0n) is 7.01. The van der Waals surface area contributed by atoms with E-state index in [0.717, 1.165) is 5.56 Å². The number of nitrogen functional groups attached to an aromatic ring is 1. The maximum atomic E-state index is 5.46. The van der Waals surface area contributed by atoms with Gasteiger partial charge in [-0.2, -0.15) is 0 Å². The van der Waals surface area contributed by atoms with Gasteiger partial charge in [0.1, 0.15) is 10.5 Å². The van der Waals surface area contributed by atoms with E-state index < -0.39 is 0 Å². The van der Waals surface area contributed by atoms with E-state index in [-0.39, 0.29) is 0 Å². The van der Waals surface area contributed by atoms with Crippen LogP contribution in [-0.2, 0) is 0 Å². The molecule has 0 aliphatic rings. The number of nitrogens with two attached hydrogens (primary N) is 1. The molecule has 0 aliphatic heterocycles. The van der Waals surface area contributed by atoms with Gasteiger partial charge < -0.3 is 10.7 Å². The predicted molar refractivity (Wildman–Crippen MR) is 49.9 cm³/mol. The molecule has 0 saturated carbocycles. The maximum Gasteiger partial charge on any atom is 0.134 e. The molecule has 0 bridgehead atoms. The average molecular weight is 171 g/mol. The van der Waals surface area contributed by atoms with Gasteiger partial charge in [0.2, 0.25) is 0 Å². The number of nitrogens with one attached hydrogen (secondary N) is 1. The molecule has 1 rings (SSSR count). The fourth-order valence-corrected chi connectivity index (χ4v) is 0.643. The minimum absolute atomic E-state index is 0.561. The number of aromatic amines is 1. The van der Waals surface area contributed by atoms with Gasteiger partial charge in [0.15, 0.2) is 0 Å². The lowest BCUT2D eigenvalue weighted by Gasteiger charge is -1.95. The van der Waals surface area contributed by atoms with E-state index in [1.165, 1.54) is 6.33 Å². The van der Waals surface area contributed by atoms with Crippen molar-refractivity contribution in [2.45, 2.75) is 20.8 Å². The van der Waals surface area contributed by atoms with Crippen LogP contribution in [0.1, 0.15) is 19.4 Å². The van der Waals surface area contributed by atoms with Gasteiger partial charge in [-0.3, -0.25) is 0 Å². The summed E-state index contributed by atoms with van der Waals surface area (Å²) in [7, 11) is 0. The third kappa shape index (κ3) is 2.67. The zero-order valence-corrected chi connectivity index (χ0v) is 7.83. The van der Waals surface area contributed by atoms with Crippen LogP contribution in [0.25, 0.3) is 0 Å². The van der Waals surface area contributed by atoms with Crippen molar-refractivity contribution in [2.24, 2.45) is 0 Å². The SMILES string of the molecule is CC.Cc1c(N)[nH]cnc1=S. The lowest BCUT2D eigenvalue weighted by atomic mass is 10.4. The molecule has 3 N–H and O–H groups in total. The van der Waals surface area contributed by atoms with E-state index in [1.807, 2.05) is 20.8 Å². The van der Waals surface area contributed by atoms with Crippen molar-refractivity contribution >= 4 is 18.0 Å². The van der Waals surface area contributed by atoms with E-state index in [1.54, 1.807) is 0 Å². The molecule has 62 valence electrons. The fourth-order valence-electron chi connectivity index (χ4n) is 0.481. The molecule has 0 saturated heterocycles. The molecule has 1 aromatic rings. The lowest BCUT2D eigenvalue weighted by molar-refractivity contribution is 1.12.